The lowest BCUT2D eigenvalue weighted by molar-refractivity contribution is 0.250. The van der Waals surface area contributed by atoms with Crippen molar-refractivity contribution in [1.82, 2.24) is 14.8 Å². The molecule has 9 heteroatoms. The van der Waals surface area contributed by atoms with Crippen LogP contribution >= 0.6 is 0 Å². The van der Waals surface area contributed by atoms with E-state index in [1.54, 1.807) is 28.1 Å². The van der Waals surface area contributed by atoms with Crippen LogP contribution in [-0.4, -0.2) is 53.6 Å². The first-order valence-electron chi connectivity index (χ1n) is 10.1. The van der Waals surface area contributed by atoms with Crippen LogP contribution in [0.3, 0.4) is 0 Å². The molecule has 0 saturated carbocycles. The number of aromatic nitrogens is 1. The van der Waals surface area contributed by atoms with Crippen molar-refractivity contribution in [2.24, 2.45) is 0 Å². The van der Waals surface area contributed by atoms with Crippen molar-refractivity contribution in [2.45, 2.75) is 52.0 Å². The van der Waals surface area contributed by atoms with E-state index in [-0.39, 0.29) is 5.48 Å². The number of methoxy groups -OCH3 is 2. The van der Waals surface area contributed by atoms with Crippen molar-refractivity contribution in [3.05, 3.63) is 34.7 Å². The fourth-order valence-corrected chi connectivity index (χ4v) is 4.49. The van der Waals surface area contributed by atoms with Crippen molar-refractivity contribution in [3.63, 3.8) is 0 Å². The van der Waals surface area contributed by atoms with Crippen LogP contribution in [0.5, 0.6) is 11.5 Å². The molecular formula is C21H35N3O5S. The molecule has 0 radical (unpaired) electrons. The highest BCUT2D eigenvalue weighted by Crippen LogP contribution is 2.33. The van der Waals surface area contributed by atoms with Gasteiger partial charge in [0.1, 0.15) is 15.9 Å². The monoisotopic (exact) mass is 441 g/mol. The minimum absolute atomic E-state index is 0. The Balaban J connectivity index is 0.00000146. The minimum Gasteiger partial charge on any atom is -0.493 e. The second kappa shape index (κ2) is 12.7. The van der Waals surface area contributed by atoms with Crippen molar-refractivity contribution in [3.8, 4) is 11.5 Å². The second-order valence-corrected chi connectivity index (χ2v) is 7.91. The predicted molar refractivity (Wildman–Crippen MR) is 118 cm³/mol. The first-order valence-corrected chi connectivity index (χ1v) is 11.2. The maximum absolute atomic E-state index is 12.4. The number of rotatable bonds is 8. The highest BCUT2D eigenvalue weighted by molar-refractivity contribution is 7.83. The zero-order chi connectivity index (χ0) is 21.4. The molecule has 3 N–H and O–H groups in total. The SMILES string of the molecule is CC.COc1cc2c(cc1OC)CN(CCCNS(=O)c1c(C)noc1C)CC2.O. The van der Waals surface area contributed by atoms with Gasteiger partial charge in [-0.2, -0.15) is 0 Å². The third-order valence-corrected chi connectivity index (χ3v) is 6.25. The van der Waals surface area contributed by atoms with Gasteiger partial charge in [0.2, 0.25) is 0 Å². The average Bonchev–Trinajstić information content (AvgIpc) is 3.09. The van der Waals surface area contributed by atoms with Crippen molar-refractivity contribution >= 4 is 11.0 Å². The summed E-state index contributed by atoms with van der Waals surface area (Å²) in [6.45, 7) is 11.1. The molecular weight excluding hydrogens is 406 g/mol. The minimum atomic E-state index is -1.28. The van der Waals surface area contributed by atoms with Gasteiger partial charge in [0, 0.05) is 19.6 Å². The number of aryl methyl sites for hydroxylation is 2. The van der Waals surface area contributed by atoms with Crippen LogP contribution in [-0.2, 0) is 24.0 Å². The first-order chi connectivity index (χ1) is 14.0. The summed E-state index contributed by atoms with van der Waals surface area (Å²) < 4.78 is 31.3. The fourth-order valence-electron chi connectivity index (χ4n) is 3.41. The quantitative estimate of drug-likeness (QED) is 0.631. The molecule has 0 saturated heterocycles. The Morgan fingerprint density at radius 3 is 2.37 bits per heavy atom. The summed E-state index contributed by atoms with van der Waals surface area (Å²) in [5.74, 6) is 2.17. The van der Waals surface area contributed by atoms with Crippen LogP contribution in [0.2, 0.25) is 0 Å². The third-order valence-electron chi connectivity index (χ3n) is 4.83. The van der Waals surface area contributed by atoms with E-state index in [0.29, 0.717) is 22.9 Å². The molecule has 3 rings (SSSR count). The van der Waals surface area contributed by atoms with Gasteiger partial charge < -0.3 is 19.5 Å². The van der Waals surface area contributed by atoms with Crippen molar-refractivity contribution < 1.29 is 23.7 Å². The molecule has 2 heterocycles. The third kappa shape index (κ3) is 6.28. The molecule has 30 heavy (non-hydrogen) atoms. The zero-order valence-corrected chi connectivity index (χ0v) is 19.6. The zero-order valence-electron chi connectivity index (χ0n) is 18.8. The van der Waals surface area contributed by atoms with Crippen LogP contribution in [0.4, 0.5) is 0 Å². The first kappa shape index (κ1) is 26.1. The van der Waals surface area contributed by atoms with Gasteiger partial charge in [0.05, 0.1) is 19.9 Å². The fraction of sp³-hybridized carbons (Fsp3) is 0.571. The van der Waals surface area contributed by atoms with Crippen molar-refractivity contribution in [1.29, 1.82) is 0 Å². The summed E-state index contributed by atoms with van der Waals surface area (Å²) in [5, 5.41) is 3.85. The molecule has 1 unspecified atom stereocenters. The van der Waals surface area contributed by atoms with E-state index >= 15 is 0 Å². The molecule has 0 bridgehead atoms. The summed E-state index contributed by atoms with van der Waals surface area (Å²) in [5.41, 5.74) is 3.28. The number of hydrogen-bond donors (Lipinski definition) is 1. The summed E-state index contributed by atoms with van der Waals surface area (Å²) in [6.07, 6.45) is 1.91. The van der Waals surface area contributed by atoms with Crippen molar-refractivity contribution in [2.75, 3.05) is 33.9 Å². The number of hydrogen-bond acceptors (Lipinski definition) is 6. The Bertz CT molecular complexity index is 806. The van der Waals surface area contributed by atoms with E-state index < -0.39 is 11.0 Å². The number of ether oxygens (including phenoxy) is 2. The van der Waals surface area contributed by atoms with E-state index in [1.165, 1.54) is 11.1 Å². The molecule has 0 fully saturated rings. The summed E-state index contributed by atoms with van der Waals surface area (Å²) in [7, 11) is 2.05. The lowest BCUT2D eigenvalue weighted by atomic mass is 9.98. The highest BCUT2D eigenvalue weighted by atomic mass is 32.2. The molecule has 1 aromatic carbocycles. The summed E-state index contributed by atoms with van der Waals surface area (Å²) >= 11 is 0. The summed E-state index contributed by atoms with van der Waals surface area (Å²) in [4.78, 5) is 3.07. The molecule has 170 valence electrons. The van der Waals surface area contributed by atoms with Gasteiger partial charge in [-0.15, -0.1) is 0 Å². The Labute approximate surface area is 181 Å². The molecule has 8 nitrogen and oxygen atoms in total. The van der Waals surface area contributed by atoms with E-state index in [0.717, 1.165) is 44.0 Å². The van der Waals surface area contributed by atoms with E-state index in [1.807, 2.05) is 13.8 Å². The van der Waals surface area contributed by atoms with E-state index in [4.69, 9.17) is 14.0 Å². The molecule has 0 amide bonds. The predicted octanol–water partition coefficient (Wildman–Crippen LogP) is 2.57. The van der Waals surface area contributed by atoms with Gasteiger partial charge >= 0.3 is 0 Å². The van der Waals surface area contributed by atoms with Crippen LogP contribution in [0.1, 0.15) is 42.8 Å². The Morgan fingerprint density at radius 2 is 1.80 bits per heavy atom. The van der Waals surface area contributed by atoms with Gasteiger partial charge in [-0.3, -0.25) is 4.90 Å². The smallest absolute Gasteiger partial charge is 0.161 e. The van der Waals surface area contributed by atoms with Gasteiger partial charge in [-0.25, -0.2) is 8.93 Å². The largest absolute Gasteiger partial charge is 0.493 e. The van der Waals surface area contributed by atoms with Crippen LogP contribution in [0, 0.1) is 13.8 Å². The van der Waals surface area contributed by atoms with Gasteiger partial charge in [-0.05, 0) is 56.5 Å². The lowest BCUT2D eigenvalue weighted by Gasteiger charge is -2.29. The molecule has 1 aromatic heterocycles. The van der Waals surface area contributed by atoms with Gasteiger partial charge in [-0.1, -0.05) is 19.0 Å². The topological polar surface area (TPSA) is 108 Å². The van der Waals surface area contributed by atoms with E-state index in [2.05, 4.69) is 26.9 Å². The Hall–Kier alpha value is -1.94. The molecule has 0 spiro atoms. The van der Waals surface area contributed by atoms with E-state index in [9.17, 15) is 4.21 Å². The Morgan fingerprint density at radius 1 is 1.17 bits per heavy atom. The molecule has 1 aliphatic heterocycles. The average molecular weight is 442 g/mol. The molecule has 0 aliphatic carbocycles. The number of fused-ring (bicyclic) bond motifs is 1. The molecule has 1 aliphatic rings. The number of nitrogens with zero attached hydrogens (tertiary/aromatic N) is 2. The van der Waals surface area contributed by atoms with Crippen LogP contribution in [0.15, 0.2) is 21.6 Å². The second-order valence-electron chi connectivity index (χ2n) is 6.67. The summed E-state index contributed by atoms with van der Waals surface area (Å²) in [6, 6.07) is 4.16. The molecule has 1 atom stereocenters. The van der Waals surface area contributed by atoms with Gasteiger partial charge in [0.15, 0.2) is 17.3 Å². The molecule has 2 aromatic rings. The number of nitrogens with one attached hydrogen (secondary N) is 1. The maximum atomic E-state index is 12.4. The number of benzene rings is 1. The maximum Gasteiger partial charge on any atom is 0.161 e. The lowest BCUT2D eigenvalue weighted by Crippen LogP contribution is -2.33. The van der Waals surface area contributed by atoms with Crippen LogP contribution in [0.25, 0.3) is 0 Å². The normalized spacial score (nSPS) is 14.1. The van der Waals surface area contributed by atoms with Crippen LogP contribution < -0.4 is 14.2 Å². The van der Waals surface area contributed by atoms with Gasteiger partial charge in [0.25, 0.3) is 0 Å². The Kier molecular flexibility index (Phi) is 11.0. The highest BCUT2D eigenvalue weighted by Gasteiger charge is 2.20. The standard InChI is InChI=1S/C19H27N3O4S.C2H6.H2O/c1-13-19(14(2)26-21-13)27(23)20-7-5-8-22-9-6-15-10-17(24-3)18(25-4)11-16(15)12-22;1-2;/h10-11,20H,5-9,12H2,1-4H3;1-2H3;1H2.